The summed E-state index contributed by atoms with van der Waals surface area (Å²) in [5.74, 6) is 0. The van der Waals surface area contributed by atoms with Gasteiger partial charge >= 0.3 is 0 Å². The van der Waals surface area contributed by atoms with Gasteiger partial charge < -0.3 is 0 Å². The highest BCUT2D eigenvalue weighted by molar-refractivity contribution is 9.10. The number of nitrogens with one attached hydrogen (secondary N) is 1. The van der Waals surface area contributed by atoms with Gasteiger partial charge in [-0.05, 0) is 23.8 Å². The van der Waals surface area contributed by atoms with Gasteiger partial charge in [-0.3, -0.25) is 0 Å². The minimum absolute atomic E-state index is 0.257. The summed E-state index contributed by atoms with van der Waals surface area (Å²) in [5.41, 5.74) is 0.927. The van der Waals surface area contributed by atoms with Crippen LogP contribution >= 0.6 is 15.9 Å². The number of hydrogen-bond acceptors (Lipinski definition) is 2. The first-order chi connectivity index (χ1) is 8.58. The maximum absolute atomic E-state index is 12.0. The Morgan fingerprint density at radius 1 is 1.00 bits per heavy atom. The molecule has 0 fully saturated rings. The maximum atomic E-state index is 12.0. The fourth-order valence-corrected chi connectivity index (χ4v) is 3.11. The molecular formula is C13H12BrNO2S. The lowest BCUT2D eigenvalue weighted by Crippen LogP contribution is -2.23. The summed E-state index contributed by atoms with van der Waals surface area (Å²) in [5, 5.41) is 0. The fraction of sp³-hybridized carbons (Fsp3) is 0.0769. The van der Waals surface area contributed by atoms with Gasteiger partial charge in [0, 0.05) is 11.0 Å². The summed E-state index contributed by atoms with van der Waals surface area (Å²) < 4.78 is 27.4. The lowest BCUT2D eigenvalue weighted by molar-refractivity contribution is 0.581. The van der Waals surface area contributed by atoms with Gasteiger partial charge in [0.1, 0.15) is 0 Å². The first kappa shape index (κ1) is 13.3. The van der Waals surface area contributed by atoms with Crippen molar-refractivity contribution < 1.29 is 8.42 Å². The molecular weight excluding hydrogens is 314 g/mol. The SMILES string of the molecule is O=S(=O)(NCc1ccccc1)c1cccc(Br)c1. The van der Waals surface area contributed by atoms with Crippen LogP contribution in [0.25, 0.3) is 0 Å². The van der Waals surface area contributed by atoms with E-state index in [4.69, 9.17) is 0 Å². The second-order valence-electron chi connectivity index (χ2n) is 3.77. The zero-order valence-corrected chi connectivity index (χ0v) is 11.9. The summed E-state index contributed by atoms with van der Waals surface area (Å²) >= 11 is 3.26. The molecule has 0 saturated carbocycles. The zero-order chi connectivity index (χ0) is 13.0. The van der Waals surface area contributed by atoms with Crippen molar-refractivity contribution in [3.05, 3.63) is 64.6 Å². The van der Waals surface area contributed by atoms with E-state index < -0.39 is 10.0 Å². The summed E-state index contributed by atoms with van der Waals surface area (Å²) in [6, 6.07) is 16.0. The first-order valence-corrected chi connectivity index (χ1v) is 7.65. The Hall–Kier alpha value is -1.17. The van der Waals surface area contributed by atoms with Crippen LogP contribution in [0.4, 0.5) is 0 Å². The molecule has 18 heavy (non-hydrogen) atoms. The van der Waals surface area contributed by atoms with E-state index in [2.05, 4.69) is 20.7 Å². The van der Waals surface area contributed by atoms with Gasteiger partial charge in [0.25, 0.3) is 0 Å². The third-order valence-corrected chi connectivity index (χ3v) is 4.31. The average molecular weight is 326 g/mol. The molecule has 5 heteroatoms. The topological polar surface area (TPSA) is 46.2 Å². The molecule has 3 nitrogen and oxygen atoms in total. The highest BCUT2D eigenvalue weighted by atomic mass is 79.9. The Labute approximate surface area is 115 Å². The van der Waals surface area contributed by atoms with Crippen LogP contribution in [-0.4, -0.2) is 8.42 Å². The molecule has 0 unspecified atom stereocenters. The lowest BCUT2D eigenvalue weighted by Gasteiger charge is -2.07. The summed E-state index contributed by atoms with van der Waals surface area (Å²) in [6.07, 6.45) is 0. The monoisotopic (exact) mass is 325 g/mol. The highest BCUT2D eigenvalue weighted by Gasteiger charge is 2.13. The van der Waals surface area contributed by atoms with Crippen molar-refractivity contribution in [2.45, 2.75) is 11.4 Å². The van der Waals surface area contributed by atoms with Gasteiger partial charge in [0.2, 0.25) is 10.0 Å². The Morgan fingerprint density at radius 3 is 2.39 bits per heavy atom. The van der Waals surface area contributed by atoms with Crippen molar-refractivity contribution in [3.63, 3.8) is 0 Å². The number of rotatable bonds is 4. The molecule has 0 aliphatic rings. The summed E-state index contributed by atoms with van der Waals surface area (Å²) in [6.45, 7) is 0.287. The molecule has 0 bridgehead atoms. The minimum atomic E-state index is -3.46. The van der Waals surface area contributed by atoms with Crippen LogP contribution in [0.2, 0.25) is 0 Å². The molecule has 0 aliphatic carbocycles. The second kappa shape index (κ2) is 5.65. The normalized spacial score (nSPS) is 11.4. The van der Waals surface area contributed by atoms with E-state index in [1.165, 1.54) is 0 Å². The number of halogens is 1. The molecule has 2 rings (SSSR count). The van der Waals surface area contributed by atoms with E-state index in [0.29, 0.717) is 0 Å². The largest absolute Gasteiger partial charge is 0.240 e. The predicted octanol–water partition coefficient (Wildman–Crippen LogP) is 2.93. The van der Waals surface area contributed by atoms with Crippen molar-refractivity contribution in [1.82, 2.24) is 4.72 Å². The van der Waals surface area contributed by atoms with E-state index >= 15 is 0 Å². The van der Waals surface area contributed by atoms with E-state index in [9.17, 15) is 8.42 Å². The molecule has 2 aromatic rings. The first-order valence-electron chi connectivity index (χ1n) is 5.37. The third-order valence-electron chi connectivity index (χ3n) is 2.42. The van der Waals surface area contributed by atoms with Crippen molar-refractivity contribution in [2.75, 3.05) is 0 Å². The lowest BCUT2D eigenvalue weighted by atomic mass is 10.2. The summed E-state index contributed by atoms with van der Waals surface area (Å²) in [7, 11) is -3.46. The van der Waals surface area contributed by atoms with E-state index in [1.807, 2.05) is 30.3 Å². The molecule has 0 heterocycles. The van der Waals surface area contributed by atoms with Gasteiger partial charge in [-0.1, -0.05) is 52.3 Å². The predicted molar refractivity (Wildman–Crippen MR) is 74.6 cm³/mol. The van der Waals surface area contributed by atoms with E-state index in [0.717, 1.165) is 10.0 Å². The van der Waals surface area contributed by atoms with Crippen molar-refractivity contribution >= 4 is 26.0 Å². The molecule has 2 aromatic carbocycles. The molecule has 0 radical (unpaired) electrons. The quantitative estimate of drug-likeness (QED) is 0.939. The van der Waals surface area contributed by atoms with Crippen LogP contribution in [0.15, 0.2) is 64.0 Å². The third kappa shape index (κ3) is 3.41. The van der Waals surface area contributed by atoms with Gasteiger partial charge in [-0.2, -0.15) is 0 Å². The summed E-state index contributed by atoms with van der Waals surface area (Å²) in [4.78, 5) is 0.257. The molecule has 94 valence electrons. The molecule has 0 amide bonds. The van der Waals surface area contributed by atoms with Crippen LogP contribution in [0.1, 0.15) is 5.56 Å². The number of sulfonamides is 1. The average Bonchev–Trinajstić information content (AvgIpc) is 2.38. The Kier molecular flexibility index (Phi) is 4.16. The van der Waals surface area contributed by atoms with Gasteiger partial charge in [0.05, 0.1) is 4.90 Å². The van der Waals surface area contributed by atoms with Crippen LogP contribution in [-0.2, 0) is 16.6 Å². The van der Waals surface area contributed by atoms with Crippen LogP contribution in [0.5, 0.6) is 0 Å². The Balaban J connectivity index is 2.13. The van der Waals surface area contributed by atoms with Crippen LogP contribution < -0.4 is 4.72 Å². The Morgan fingerprint density at radius 2 is 1.72 bits per heavy atom. The number of benzene rings is 2. The minimum Gasteiger partial charge on any atom is -0.207 e. The standard InChI is InChI=1S/C13H12BrNO2S/c14-12-7-4-8-13(9-12)18(16,17)15-10-11-5-2-1-3-6-11/h1-9,15H,10H2. The van der Waals surface area contributed by atoms with Gasteiger partial charge in [0.15, 0.2) is 0 Å². The fourth-order valence-electron chi connectivity index (χ4n) is 1.49. The van der Waals surface area contributed by atoms with Crippen LogP contribution in [0, 0.1) is 0 Å². The van der Waals surface area contributed by atoms with E-state index in [-0.39, 0.29) is 11.4 Å². The second-order valence-corrected chi connectivity index (χ2v) is 6.45. The maximum Gasteiger partial charge on any atom is 0.240 e. The van der Waals surface area contributed by atoms with Crippen molar-refractivity contribution in [1.29, 1.82) is 0 Å². The number of hydrogen-bond donors (Lipinski definition) is 1. The molecule has 0 saturated heterocycles. The van der Waals surface area contributed by atoms with Crippen molar-refractivity contribution in [3.8, 4) is 0 Å². The molecule has 0 atom stereocenters. The van der Waals surface area contributed by atoms with Gasteiger partial charge in [-0.25, -0.2) is 13.1 Å². The highest BCUT2D eigenvalue weighted by Crippen LogP contribution is 2.16. The molecule has 0 aliphatic heterocycles. The van der Waals surface area contributed by atoms with Crippen LogP contribution in [0.3, 0.4) is 0 Å². The van der Waals surface area contributed by atoms with E-state index in [1.54, 1.807) is 24.3 Å². The zero-order valence-electron chi connectivity index (χ0n) is 9.51. The van der Waals surface area contributed by atoms with Crippen molar-refractivity contribution in [2.24, 2.45) is 0 Å². The van der Waals surface area contributed by atoms with Gasteiger partial charge in [-0.15, -0.1) is 0 Å². The Bertz CT molecular complexity index is 626. The molecule has 0 aromatic heterocycles. The molecule has 1 N–H and O–H groups in total. The molecule has 0 spiro atoms. The smallest absolute Gasteiger partial charge is 0.207 e.